The maximum Gasteiger partial charge on any atom is 0.0948 e. The van der Waals surface area contributed by atoms with Crippen molar-refractivity contribution >= 4 is 0 Å². The highest BCUT2D eigenvalue weighted by Gasteiger charge is 2.39. The smallest absolute Gasteiger partial charge is 0.0948 e. The second-order valence-corrected chi connectivity index (χ2v) is 6.45. The molecule has 20 heavy (non-hydrogen) atoms. The van der Waals surface area contributed by atoms with Gasteiger partial charge in [-0.1, -0.05) is 51.1 Å². The van der Waals surface area contributed by atoms with Crippen LogP contribution in [0.4, 0.5) is 0 Å². The molecule has 0 aromatic heterocycles. The molecule has 0 radical (unpaired) electrons. The van der Waals surface area contributed by atoms with Gasteiger partial charge in [0, 0.05) is 12.6 Å². The minimum absolute atomic E-state index is 0.0981. The van der Waals surface area contributed by atoms with Crippen LogP contribution in [-0.2, 0) is 10.3 Å². The summed E-state index contributed by atoms with van der Waals surface area (Å²) in [4.78, 5) is 0. The Morgan fingerprint density at radius 2 is 2.05 bits per heavy atom. The lowest BCUT2D eigenvalue weighted by atomic mass is 9.78. The molecule has 0 bridgehead atoms. The Morgan fingerprint density at radius 3 is 2.70 bits per heavy atom. The van der Waals surface area contributed by atoms with E-state index in [1.165, 1.54) is 12.0 Å². The fraction of sp³-hybridized carbons (Fsp3) is 0.667. The second kappa shape index (κ2) is 7.24. The van der Waals surface area contributed by atoms with Gasteiger partial charge in [-0.05, 0) is 43.7 Å². The summed E-state index contributed by atoms with van der Waals surface area (Å²) in [6.45, 7) is 8.78. The van der Waals surface area contributed by atoms with Gasteiger partial charge in [0.05, 0.1) is 5.60 Å². The summed E-state index contributed by atoms with van der Waals surface area (Å²) < 4.78 is 6.33. The van der Waals surface area contributed by atoms with Gasteiger partial charge in [-0.2, -0.15) is 0 Å². The van der Waals surface area contributed by atoms with Gasteiger partial charge >= 0.3 is 0 Å². The minimum Gasteiger partial charge on any atom is -0.370 e. The third-order valence-corrected chi connectivity index (χ3v) is 4.14. The molecule has 1 aromatic rings. The molecule has 1 aliphatic rings. The zero-order valence-corrected chi connectivity index (χ0v) is 13.2. The van der Waals surface area contributed by atoms with E-state index in [-0.39, 0.29) is 5.60 Å². The van der Waals surface area contributed by atoms with Crippen molar-refractivity contribution in [3.63, 3.8) is 0 Å². The summed E-state index contributed by atoms with van der Waals surface area (Å²) in [7, 11) is 0. The first kappa shape index (κ1) is 15.5. The normalized spacial score (nSPS) is 26.9. The molecule has 2 unspecified atom stereocenters. The van der Waals surface area contributed by atoms with Gasteiger partial charge in [0.1, 0.15) is 0 Å². The summed E-state index contributed by atoms with van der Waals surface area (Å²) in [5.41, 5.74) is 1.25. The molecule has 1 aliphatic heterocycles. The van der Waals surface area contributed by atoms with Crippen LogP contribution in [0.25, 0.3) is 0 Å². The van der Waals surface area contributed by atoms with Gasteiger partial charge < -0.3 is 10.1 Å². The molecule has 2 heteroatoms. The molecule has 2 atom stereocenters. The highest BCUT2D eigenvalue weighted by atomic mass is 16.5. The maximum absolute atomic E-state index is 6.33. The van der Waals surface area contributed by atoms with Crippen molar-refractivity contribution in [3.05, 3.63) is 35.9 Å². The molecule has 1 N–H and O–H groups in total. The Hall–Kier alpha value is -0.860. The van der Waals surface area contributed by atoms with Crippen LogP contribution >= 0.6 is 0 Å². The van der Waals surface area contributed by atoms with E-state index in [2.05, 4.69) is 56.4 Å². The molecule has 0 amide bonds. The summed E-state index contributed by atoms with van der Waals surface area (Å²) in [5.74, 6) is 0.639. The zero-order chi connectivity index (χ0) is 14.4. The highest BCUT2D eigenvalue weighted by molar-refractivity contribution is 5.24. The van der Waals surface area contributed by atoms with Crippen molar-refractivity contribution in [1.29, 1.82) is 0 Å². The number of hydrogen-bond donors (Lipinski definition) is 1. The Bertz CT molecular complexity index is 390. The number of ether oxygens (including phenoxy) is 1. The minimum atomic E-state index is -0.0981. The van der Waals surface area contributed by atoms with Crippen LogP contribution in [0.1, 0.15) is 52.0 Å². The Kier molecular flexibility index (Phi) is 5.62. The van der Waals surface area contributed by atoms with Gasteiger partial charge in [-0.3, -0.25) is 0 Å². The second-order valence-electron chi connectivity index (χ2n) is 6.45. The predicted octanol–water partition coefficient (Wildman–Crippen LogP) is 4.11. The zero-order valence-electron chi connectivity index (χ0n) is 13.2. The number of nitrogens with one attached hydrogen (secondary N) is 1. The largest absolute Gasteiger partial charge is 0.370 e. The standard InChI is InChI=1S/C18H29NO/c1-4-11-19-17-10-12-20-18(14-17,13-15(2)3)16-8-6-5-7-9-16/h5-9,15,17,19H,4,10-14H2,1-3H3. The summed E-state index contributed by atoms with van der Waals surface area (Å²) in [5, 5.41) is 3.69. The lowest BCUT2D eigenvalue weighted by Gasteiger charge is -2.43. The maximum atomic E-state index is 6.33. The molecule has 112 valence electrons. The highest BCUT2D eigenvalue weighted by Crippen LogP contribution is 2.40. The van der Waals surface area contributed by atoms with E-state index in [1.54, 1.807) is 0 Å². The van der Waals surface area contributed by atoms with Gasteiger partial charge in [-0.15, -0.1) is 0 Å². The predicted molar refractivity (Wildman–Crippen MR) is 84.8 cm³/mol. The lowest BCUT2D eigenvalue weighted by molar-refractivity contribution is -0.106. The van der Waals surface area contributed by atoms with Crippen LogP contribution in [0.5, 0.6) is 0 Å². The molecule has 0 aliphatic carbocycles. The lowest BCUT2D eigenvalue weighted by Crippen LogP contribution is -2.46. The number of benzene rings is 1. The van der Waals surface area contributed by atoms with E-state index < -0.39 is 0 Å². The molecular formula is C18H29NO. The molecule has 1 heterocycles. The molecule has 1 aromatic carbocycles. The van der Waals surface area contributed by atoms with Gasteiger partial charge in [0.2, 0.25) is 0 Å². The molecule has 1 fully saturated rings. The van der Waals surface area contributed by atoms with Crippen molar-refractivity contribution in [2.24, 2.45) is 5.92 Å². The fourth-order valence-electron chi connectivity index (χ4n) is 3.34. The van der Waals surface area contributed by atoms with E-state index in [1.807, 2.05) is 0 Å². The van der Waals surface area contributed by atoms with Gasteiger partial charge in [-0.25, -0.2) is 0 Å². The van der Waals surface area contributed by atoms with Crippen molar-refractivity contribution in [3.8, 4) is 0 Å². The SMILES string of the molecule is CCCNC1CCOC(CC(C)C)(c2ccccc2)C1. The van der Waals surface area contributed by atoms with E-state index in [0.29, 0.717) is 12.0 Å². The van der Waals surface area contributed by atoms with E-state index in [4.69, 9.17) is 4.74 Å². The Balaban J connectivity index is 2.18. The molecular weight excluding hydrogens is 246 g/mol. The van der Waals surface area contributed by atoms with Crippen LogP contribution < -0.4 is 5.32 Å². The monoisotopic (exact) mass is 275 g/mol. The van der Waals surface area contributed by atoms with Gasteiger partial charge in [0.25, 0.3) is 0 Å². The van der Waals surface area contributed by atoms with Crippen LogP contribution in [0.15, 0.2) is 30.3 Å². The topological polar surface area (TPSA) is 21.3 Å². The van der Waals surface area contributed by atoms with Crippen LogP contribution in [0.3, 0.4) is 0 Å². The third-order valence-electron chi connectivity index (χ3n) is 4.14. The van der Waals surface area contributed by atoms with E-state index in [9.17, 15) is 0 Å². The van der Waals surface area contributed by atoms with Crippen LogP contribution in [-0.4, -0.2) is 19.2 Å². The van der Waals surface area contributed by atoms with E-state index >= 15 is 0 Å². The summed E-state index contributed by atoms with van der Waals surface area (Å²) >= 11 is 0. The molecule has 0 saturated carbocycles. The van der Waals surface area contributed by atoms with Crippen LogP contribution in [0.2, 0.25) is 0 Å². The number of rotatable bonds is 6. The van der Waals surface area contributed by atoms with Crippen molar-refractivity contribution < 1.29 is 4.74 Å². The van der Waals surface area contributed by atoms with Crippen molar-refractivity contribution in [1.82, 2.24) is 5.32 Å². The summed E-state index contributed by atoms with van der Waals surface area (Å²) in [6, 6.07) is 11.4. The molecule has 1 saturated heterocycles. The van der Waals surface area contributed by atoms with E-state index in [0.717, 1.165) is 32.4 Å². The van der Waals surface area contributed by atoms with Crippen molar-refractivity contribution in [2.45, 2.75) is 58.1 Å². The fourth-order valence-corrected chi connectivity index (χ4v) is 3.34. The van der Waals surface area contributed by atoms with Crippen molar-refractivity contribution in [2.75, 3.05) is 13.2 Å². The quantitative estimate of drug-likeness (QED) is 0.843. The third kappa shape index (κ3) is 3.83. The number of hydrogen-bond acceptors (Lipinski definition) is 2. The Morgan fingerprint density at radius 1 is 1.30 bits per heavy atom. The van der Waals surface area contributed by atoms with Gasteiger partial charge in [0.15, 0.2) is 0 Å². The molecule has 2 rings (SSSR count). The molecule has 2 nitrogen and oxygen atoms in total. The first-order valence-electron chi connectivity index (χ1n) is 8.09. The Labute approximate surface area is 123 Å². The average Bonchev–Trinajstić information content (AvgIpc) is 2.46. The van der Waals surface area contributed by atoms with Crippen LogP contribution in [0, 0.1) is 5.92 Å². The summed E-state index contributed by atoms with van der Waals surface area (Å²) in [6.07, 6.45) is 4.52. The molecule has 0 spiro atoms. The first-order valence-corrected chi connectivity index (χ1v) is 8.09. The first-order chi connectivity index (χ1) is 9.66. The average molecular weight is 275 g/mol.